The van der Waals surface area contributed by atoms with E-state index in [4.69, 9.17) is 0 Å². The normalized spacial score (nSPS) is 16.2. The highest BCUT2D eigenvalue weighted by molar-refractivity contribution is 6.30. The molecule has 2 amide bonds. The second kappa shape index (κ2) is 5.55. The van der Waals surface area contributed by atoms with E-state index in [0.29, 0.717) is 12.1 Å². The summed E-state index contributed by atoms with van der Waals surface area (Å²) in [6.45, 7) is 0. The molecule has 0 bridgehead atoms. The first-order chi connectivity index (χ1) is 12.4. The molecule has 0 unspecified atom stereocenters. The van der Waals surface area contributed by atoms with Gasteiger partial charge in [-0.3, -0.25) is 9.59 Å². The van der Waals surface area contributed by atoms with E-state index in [2.05, 4.69) is 10.6 Å². The highest BCUT2D eigenvalue weighted by atomic mass is 19.1. The van der Waals surface area contributed by atoms with Crippen molar-refractivity contribution >= 4 is 23.2 Å². The molecule has 8 heteroatoms. The fourth-order valence-corrected chi connectivity index (χ4v) is 2.97. The predicted octanol–water partition coefficient (Wildman–Crippen LogP) is 2.63. The van der Waals surface area contributed by atoms with Crippen LogP contribution in [0.2, 0.25) is 0 Å². The Kier molecular flexibility index (Phi) is 3.43. The Bertz CT molecular complexity index is 987. The fourth-order valence-electron chi connectivity index (χ4n) is 2.97. The Hall–Kier alpha value is -3.42. The second-order valence-electron chi connectivity index (χ2n) is 5.66. The van der Waals surface area contributed by atoms with E-state index in [1.807, 2.05) is 0 Å². The maximum Gasteiger partial charge on any atom is 0.258 e. The number of nitrogens with one attached hydrogen (secondary N) is 2. The molecular formula is C18H8F4N2O2. The Morgan fingerprint density at radius 3 is 1.35 bits per heavy atom. The SMILES string of the molecule is O=C1NC(c2ccc(F)cc2F)=C2C(=O)NC(c3ccc(F)cc3F)=C12. The lowest BCUT2D eigenvalue weighted by Crippen LogP contribution is -2.22. The van der Waals surface area contributed by atoms with Crippen LogP contribution in [0.1, 0.15) is 11.1 Å². The quantitative estimate of drug-likeness (QED) is 0.809. The van der Waals surface area contributed by atoms with Gasteiger partial charge in [-0.1, -0.05) is 0 Å². The molecule has 0 spiro atoms. The predicted molar refractivity (Wildman–Crippen MR) is 82.8 cm³/mol. The number of hydrogen-bond acceptors (Lipinski definition) is 2. The smallest absolute Gasteiger partial charge is 0.258 e. The summed E-state index contributed by atoms with van der Waals surface area (Å²) in [7, 11) is 0. The third kappa shape index (κ3) is 2.30. The number of carbonyl (C=O) groups is 2. The van der Waals surface area contributed by atoms with Crippen LogP contribution in [0.15, 0.2) is 47.5 Å². The van der Waals surface area contributed by atoms with E-state index in [9.17, 15) is 27.2 Å². The van der Waals surface area contributed by atoms with Gasteiger partial charge in [0.1, 0.15) is 23.3 Å². The molecule has 0 saturated heterocycles. The zero-order valence-electron chi connectivity index (χ0n) is 12.8. The third-order valence-corrected chi connectivity index (χ3v) is 4.08. The van der Waals surface area contributed by atoms with Gasteiger partial charge in [0.2, 0.25) is 0 Å². The average molecular weight is 360 g/mol. The minimum atomic E-state index is -0.969. The number of carbonyl (C=O) groups excluding carboxylic acids is 2. The lowest BCUT2D eigenvalue weighted by molar-refractivity contribution is -0.117. The highest BCUT2D eigenvalue weighted by Gasteiger charge is 2.42. The van der Waals surface area contributed by atoms with Gasteiger partial charge in [0.15, 0.2) is 0 Å². The molecule has 4 rings (SSSR count). The number of rotatable bonds is 2. The van der Waals surface area contributed by atoms with Gasteiger partial charge in [0.05, 0.1) is 22.5 Å². The van der Waals surface area contributed by atoms with Crippen LogP contribution in [0.3, 0.4) is 0 Å². The molecule has 2 aromatic carbocycles. The summed E-state index contributed by atoms with van der Waals surface area (Å²) in [5.74, 6) is -5.08. The van der Waals surface area contributed by atoms with Gasteiger partial charge < -0.3 is 10.6 Å². The van der Waals surface area contributed by atoms with Crippen LogP contribution in [0, 0.1) is 23.3 Å². The summed E-state index contributed by atoms with van der Waals surface area (Å²) in [5, 5.41) is 4.71. The first-order valence-electron chi connectivity index (χ1n) is 7.39. The van der Waals surface area contributed by atoms with E-state index in [1.54, 1.807) is 0 Å². The monoisotopic (exact) mass is 360 g/mol. The summed E-state index contributed by atoms with van der Waals surface area (Å²) in [4.78, 5) is 24.7. The van der Waals surface area contributed by atoms with Gasteiger partial charge >= 0.3 is 0 Å². The van der Waals surface area contributed by atoms with Crippen LogP contribution < -0.4 is 10.6 Å². The first-order valence-corrected chi connectivity index (χ1v) is 7.39. The summed E-state index contributed by atoms with van der Waals surface area (Å²) in [5.41, 5.74) is -1.00. The van der Waals surface area contributed by atoms with Crippen LogP contribution in [0.25, 0.3) is 11.4 Å². The number of hydrogen-bond donors (Lipinski definition) is 2. The van der Waals surface area contributed by atoms with Gasteiger partial charge in [-0.15, -0.1) is 0 Å². The van der Waals surface area contributed by atoms with Gasteiger partial charge in [-0.25, -0.2) is 17.6 Å². The van der Waals surface area contributed by atoms with Crippen molar-refractivity contribution in [2.45, 2.75) is 0 Å². The molecule has 4 nitrogen and oxygen atoms in total. The van der Waals surface area contributed by atoms with Crippen LogP contribution in [-0.2, 0) is 9.59 Å². The molecule has 2 aliphatic heterocycles. The largest absolute Gasteiger partial charge is 0.320 e. The molecule has 2 aliphatic rings. The minimum Gasteiger partial charge on any atom is -0.320 e. The van der Waals surface area contributed by atoms with Crippen molar-refractivity contribution in [3.8, 4) is 0 Å². The summed E-state index contributed by atoms with van der Waals surface area (Å²) >= 11 is 0. The Morgan fingerprint density at radius 2 is 1.00 bits per heavy atom. The Balaban J connectivity index is 1.94. The van der Waals surface area contributed by atoms with Crippen molar-refractivity contribution in [2.75, 3.05) is 0 Å². The zero-order chi connectivity index (χ0) is 18.6. The molecule has 26 heavy (non-hydrogen) atoms. The molecule has 2 N–H and O–H groups in total. The lowest BCUT2D eigenvalue weighted by Gasteiger charge is -2.08. The maximum absolute atomic E-state index is 14.1. The molecular weight excluding hydrogens is 352 g/mol. The van der Waals surface area contributed by atoms with Gasteiger partial charge in [-0.05, 0) is 24.3 Å². The number of halogens is 4. The third-order valence-electron chi connectivity index (χ3n) is 4.08. The van der Waals surface area contributed by atoms with E-state index in [1.165, 1.54) is 0 Å². The van der Waals surface area contributed by atoms with Crippen LogP contribution in [0.4, 0.5) is 17.6 Å². The topological polar surface area (TPSA) is 58.2 Å². The van der Waals surface area contributed by atoms with E-state index < -0.39 is 35.1 Å². The van der Waals surface area contributed by atoms with Crippen molar-refractivity contribution in [3.63, 3.8) is 0 Å². The second-order valence-corrected chi connectivity index (χ2v) is 5.66. The Morgan fingerprint density at radius 1 is 0.615 bits per heavy atom. The maximum atomic E-state index is 14.1. The molecule has 0 saturated carbocycles. The van der Waals surface area contributed by atoms with Gasteiger partial charge in [-0.2, -0.15) is 0 Å². The van der Waals surface area contributed by atoms with Crippen molar-refractivity contribution in [1.82, 2.24) is 10.6 Å². The average Bonchev–Trinajstić information content (AvgIpc) is 3.07. The summed E-state index contributed by atoms with van der Waals surface area (Å²) < 4.78 is 54.4. The van der Waals surface area contributed by atoms with Crippen LogP contribution in [0.5, 0.6) is 0 Å². The molecule has 0 aromatic heterocycles. The van der Waals surface area contributed by atoms with Crippen molar-refractivity contribution in [3.05, 3.63) is 81.9 Å². The zero-order valence-corrected chi connectivity index (χ0v) is 12.8. The van der Waals surface area contributed by atoms with Gasteiger partial charge in [0, 0.05) is 23.3 Å². The first kappa shape index (κ1) is 16.1. The molecule has 0 aliphatic carbocycles. The molecule has 130 valence electrons. The van der Waals surface area contributed by atoms with E-state index >= 15 is 0 Å². The van der Waals surface area contributed by atoms with Crippen molar-refractivity contribution in [1.29, 1.82) is 0 Å². The van der Waals surface area contributed by atoms with E-state index in [-0.39, 0.29) is 33.7 Å². The standard InChI is InChI=1S/C18H8F4N2O2/c19-7-1-3-9(11(21)5-7)15-13-14(18(26)23-15)16(24-17(13)25)10-4-2-8(20)6-12(10)22/h1-6H,(H,23,26)(H,24,25). The van der Waals surface area contributed by atoms with Crippen molar-refractivity contribution < 1.29 is 27.2 Å². The summed E-state index contributed by atoms with van der Waals surface area (Å²) in [6.07, 6.45) is 0. The van der Waals surface area contributed by atoms with E-state index in [0.717, 1.165) is 24.3 Å². The molecule has 2 heterocycles. The number of fused-ring (bicyclic) bond motifs is 1. The minimum absolute atomic E-state index is 0.141. The van der Waals surface area contributed by atoms with Crippen LogP contribution >= 0.6 is 0 Å². The molecule has 0 fully saturated rings. The highest BCUT2D eigenvalue weighted by Crippen LogP contribution is 2.38. The molecule has 2 aromatic rings. The van der Waals surface area contributed by atoms with Crippen molar-refractivity contribution in [2.24, 2.45) is 0 Å². The molecule has 0 atom stereocenters. The Labute approximate surface area is 143 Å². The number of amides is 2. The van der Waals surface area contributed by atoms with Crippen LogP contribution in [-0.4, -0.2) is 11.8 Å². The molecule has 0 radical (unpaired) electrons. The fraction of sp³-hybridized carbons (Fsp3) is 0. The van der Waals surface area contributed by atoms with Gasteiger partial charge in [0.25, 0.3) is 11.8 Å². The summed E-state index contributed by atoms with van der Waals surface area (Å²) in [6, 6.07) is 5.36. The number of benzene rings is 2. The lowest BCUT2D eigenvalue weighted by atomic mass is 10.0.